The van der Waals surface area contributed by atoms with E-state index in [0.717, 1.165) is 5.56 Å². The first-order chi connectivity index (χ1) is 15.8. The number of carbonyl (C=O) groups is 2. The molecule has 1 heterocycles. The first kappa shape index (κ1) is 23.3. The fraction of sp³-hybridized carbons (Fsp3) is 0.160. The molecule has 33 heavy (non-hydrogen) atoms. The summed E-state index contributed by atoms with van der Waals surface area (Å²) < 4.78 is 16.7. The zero-order chi connectivity index (χ0) is 23.8. The van der Waals surface area contributed by atoms with E-state index < -0.39 is 5.91 Å². The zero-order valence-electron chi connectivity index (χ0n) is 18.6. The number of pyridine rings is 1. The molecule has 0 saturated carbocycles. The molecule has 0 bridgehead atoms. The highest BCUT2D eigenvalue weighted by atomic mass is 16.5. The van der Waals surface area contributed by atoms with Crippen molar-refractivity contribution >= 4 is 23.6 Å². The Morgan fingerprint density at radius 2 is 1.88 bits per heavy atom. The minimum absolute atomic E-state index is 0.0248. The number of amides is 2. The smallest absolute Gasteiger partial charge is 0.248 e. The molecule has 1 aromatic heterocycles. The van der Waals surface area contributed by atoms with Crippen molar-refractivity contribution in [1.29, 1.82) is 0 Å². The molecule has 3 aromatic rings. The molecule has 8 heteroatoms. The van der Waals surface area contributed by atoms with Gasteiger partial charge in [-0.1, -0.05) is 12.1 Å². The van der Waals surface area contributed by atoms with Gasteiger partial charge in [0.1, 0.15) is 5.75 Å². The van der Waals surface area contributed by atoms with Crippen LogP contribution in [0.1, 0.15) is 29.8 Å². The van der Waals surface area contributed by atoms with Crippen LogP contribution in [0.25, 0.3) is 6.08 Å². The lowest BCUT2D eigenvalue weighted by Gasteiger charge is -2.13. The van der Waals surface area contributed by atoms with Crippen LogP contribution in [0, 0.1) is 0 Å². The van der Waals surface area contributed by atoms with E-state index in [9.17, 15) is 9.59 Å². The summed E-state index contributed by atoms with van der Waals surface area (Å²) in [6.45, 7) is 3.87. The molecule has 170 valence electrons. The van der Waals surface area contributed by atoms with E-state index in [0.29, 0.717) is 34.4 Å². The Morgan fingerprint density at radius 3 is 2.55 bits per heavy atom. The molecule has 3 N–H and O–H groups in total. The number of anilines is 1. The lowest BCUT2D eigenvalue weighted by Crippen LogP contribution is -2.10. The van der Waals surface area contributed by atoms with Crippen molar-refractivity contribution in [3.05, 3.63) is 78.0 Å². The monoisotopic (exact) mass is 447 g/mol. The summed E-state index contributed by atoms with van der Waals surface area (Å²) in [5, 5.41) is 2.73. The highest BCUT2D eigenvalue weighted by Gasteiger charge is 2.08. The number of nitrogens with one attached hydrogen (secondary N) is 1. The van der Waals surface area contributed by atoms with E-state index in [1.165, 1.54) is 18.3 Å². The van der Waals surface area contributed by atoms with Gasteiger partial charge in [-0.2, -0.15) is 0 Å². The molecule has 8 nitrogen and oxygen atoms in total. The van der Waals surface area contributed by atoms with E-state index in [4.69, 9.17) is 19.9 Å². The normalized spacial score (nSPS) is 10.8. The summed E-state index contributed by atoms with van der Waals surface area (Å²) in [6.07, 6.45) is 4.59. The second kappa shape index (κ2) is 10.8. The molecule has 2 amide bonds. The maximum Gasteiger partial charge on any atom is 0.248 e. The molecular formula is C25H25N3O5. The van der Waals surface area contributed by atoms with Crippen LogP contribution in [0.2, 0.25) is 0 Å². The Kier molecular flexibility index (Phi) is 7.64. The Balaban J connectivity index is 1.60. The van der Waals surface area contributed by atoms with Crippen LogP contribution in [-0.4, -0.2) is 30.0 Å². The van der Waals surface area contributed by atoms with Crippen molar-refractivity contribution in [2.24, 2.45) is 5.73 Å². The van der Waals surface area contributed by atoms with Crippen LogP contribution in [0.15, 0.2) is 66.9 Å². The van der Waals surface area contributed by atoms with Gasteiger partial charge in [0.2, 0.25) is 17.7 Å². The second-order valence-corrected chi connectivity index (χ2v) is 7.28. The number of methoxy groups -OCH3 is 1. The number of hydrogen-bond acceptors (Lipinski definition) is 6. The van der Waals surface area contributed by atoms with E-state index in [1.807, 2.05) is 19.9 Å². The molecule has 0 saturated heterocycles. The minimum atomic E-state index is -0.544. The zero-order valence-corrected chi connectivity index (χ0v) is 18.6. The number of carbonyl (C=O) groups excluding carboxylic acids is 2. The summed E-state index contributed by atoms with van der Waals surface area (Å²) in [5.74, 6) is 1.11. The van der Waals surface area contributed by atoms with Crippen LogP contribution < -0.4 is 25.3 Å². The SMILES string of the molecule is COc1cc(/C=C/C(=O)Nc2ccc(Oc3cccc(C(N)=O)c3)nc2)ccc1OC(C)C. The third-order valence-corrected chi connectivity index (χ3v) is 4.32. The number of primary amides is 1. The maximum atomic E-state index is 12.3. The van der Waals surface area contributed by atoms with Gasteiger partial charge in [-0.15, -0.1) is 0 Å². The number of benzene rings is 2. The molecule has 0 aliphatic heterocycles. The lowest BCUT2D eigenvalue weighted by atomic mass is 10.2. The topological polar surface area (TPSA) is 113 Å². The van der Waals surface area contributed by atoms with E-state index >= 15 is 0 Å². The van der Waals surface area contributed by atoms with Crippen LogP contribution >= 0.6 is 0 Å². The van der Waals surface area contributed by atoms with Gasteiger partial charge in [0.25, 0.3) is 0 Å². The Hall–Kier alpha value is -4.33. The quantitative estimate of drug-likeness (QED) is 0.470. The van der Waals surface area contributed by atoms with Crippen LogP contribution in [0.3, 0.4) is 0 Å². The predicted octanol–water partition coefficient (Wildman–Crippen LogP) is 4.42. The molecule has 0 aliphatic rings. The van der Waals surface area contributed by atoms with Crippen LogP contribution in [-0.2, 0) is 4.79 Å². The van der Waals surface area contributed by atoms with Gasteiger partial charge in [-0.3, -0.25) is 9.59 Å². The molecule has 0 unspecified atom stereocenters. The molecule has 0 radical (unpaired) electrons. The second-order valence-electron chi connectivity index (χ2n) is 7.28. The number of hydrogen-bond donors (Lipinski definition) is 2. The molecule has 0 spiro atoms. The number of aromatic nitrogens is 1. The Morgan fingerprint density at radius 1 is 1.06 bits per heavy atom. The summed E-state index contributed by atoms with van der Waals surface area (Å²) in [7, 11) is 1.57. The number of nitrogens with two attached hydrogens (primary N) is 1. The van der Waals surface area contributed by atoms with Gasteiger partial charge in [0, 0.05) is 17.7 Å². The van der Waals surface area contributed by atoms with Crippen molar-refractivity contribution in [2.75, 3.05) is 12.4 Å². The highest BCUT2D eigenvalue weighted by Crippen LogP contribution is 2.29. The van der Waals surface area contributed by atoms with Gasteiger partial charge in [-0.25, -0.2) is 4.98 Å². The van der Waals surface area contributed by atoms with Crippen molar-refractivity contribution in [3.63, 3.8) is 0 Å². The van der Waals surface area contributed by atoms with Gasteiger partial charge < -0.3 is 25.3 Å². The summed E-state index contributed by atoms with van der Waals surface area (Å²) >= 11 is 0. The largest absolute Gasteiger partial charge is 0.493 e. The molecule has 3 rings (SSSR count). The molecule has 0 fully saturated rings. The average molecular weight is 447 g/mol. The molecular weight excluding hydrogens is 422 g/mol. The summed E-state index contributed by atoms with van der Waals surface area (Å²) in [4.78, 5) is 27.7. The fourth-order valence-electron chi connectivity index (χ4n) is 2.84. The first-order valence-corrected chi connectivity index (χ1v) is 10.2. The van der Waals surface area contributed by atoms with Crippen molar-refractivity contribution in [1.82, 2.24) is 4.98 Å². The van der Waals surface area contributed by atoms with Crippen molar-refractivity contribution < 1.29 is 23.8 Å². The van der Waals surface area contributed by atoms with E-state index in [-0.39, 0.29) is 12.0 Å². The third kappa shape index (κ3) is 6.83. The Labute approximate surface area is 192 Å². The van der Waals surface area contributed by atoms with Gasteiger partial charge in [0.15, 0.2) is 11.5 Å². The predicted molar refractivity (Wildman–Crippen MR) is 126 cm³/mol. The molecule has 0 aliphatic carbocycles. The maximum absolute atomic E-state index is 12.3. The Bertz CT molecular complexity index is 1160. The minimum Gasteiger partial charge on any atom is -0.493 e. The van der Waals surface area contributed by atoms with E-state index in [2.05, 4.69) is 10.3 Å². The van der Waals surface area contributed by atoms with E-state index in [1.54, 1.807) is 55.7 Å². The molecule has 2 aromatic carbocycles. The van der Waals surface area contributed by atoms with Crippen LogP contribution in [0.5, 0.6) is 23.1 Å². The average Bonchev–Trinajstić information content (AvgIpc) is 2.79. The number of ether oxygens (including phenoxy) is 3. The highest BCUT2D eigenvalue weighted by molar-refractivity contribution is 6.01. The summed E-state index contributed by atoms with van der Waals surface area (Å²) in [6, 6.07) is 15.2. The standard InChI is InChI=1S/C25H25N3O5/c1-16(2)32-21-10-7-17(13-22(21)31-3)8-11-23(29)28-19-9-12-24(27-15-19)33-20-6-4-5-18(14-20)25(26)30/h4-16H,1-3H3,(H2,26,30)(H,28,29)/b11-8+. The fourth-order valence-corrected chi connectivity index (χ4v) is 2.84. The number of rotatable bonds is 9. The summed E-state index contributed by atoms with van der Waals surface area (Å²) in [5.41, 5.74) is 6.90. The third-order valence-electron chi connectivity index (χ3n) is 4.32. The first-order valence-electron chi connectivity index (χ1n) is 10.2. The van der Waals surface area contributed by atoms with Crippen molar-refractivity contribution in [2.45, 2.75) is 20.0 Å². The van der Waals surface area contributed by atoms with Crippen LogP contribution in [0.4, 0.5) is 5.69 Å². The lowest BCUT2D eigenvalue weighted by molar-refractivity contribution is -0.111. The number of nitrogens with zero attached hydrogens (tertiary/aromatic N) is 1. The molecule has 0 atom stereocenters. The van der Waals surface area contributed by atoms with Gasteiger partial charge in [-0.05, 0) is 61.9 Å². The van der Waals surface area contributed by atoms with Crippen molar-refractivity contribution in [3.8, 4) is 23.1 Å². The van der Waals surface area contributed by atoms with Gasteiger partial charge in [0.05, 0.1) is 25.1 Å². The van der Waals surface area contributed by atoms with Gasteiger partial charge >= 0.3 is 0 Å².